The maximum atomic E-state index is 5.48. The zero-order valence-electron chi connectivity index (χ0n) is 14.6. The number of guanidine groups is 1. The number of hydrogen-bond acceptors (Lipinski definition) is 3. The smallest absolute Gasteiger partial charge is 0.191 e. The second-order valence-corrected chi connectivity index (χ2v) is 5.86. The maximum absolute atomic E-state index is 5.48. The van der Waals surface area contributed by atoms with Gasteiger partial charge in [-0.15, -0.1) is 0 Å². The van der Waals surface area contributed by atoms with Crippen LogP contribution >= 0.6 is 0 Å². The van der Waals surface area contributed by atoms with Crippen molar-refractivity contribution in [3.05, 3.63) is 24.3 Å². The molecule has 0 aliphatic carbocycles. The molecule has 0 spiro atoms. The summed E-state index contributed by atoms with van der Waals surface area (Å²) >= 11 is 0. The molecule has 1 aliphatic heterocycles. The van der Waals surface area contributed by atoms with Gasteiger partial charge in [-0.1, -0.05) is 25.5 Å². The van der Waals surface area contributed by atoms with E-state index in [2.05, 4.69) is 46.5 Å². The predicted octanol–water partition coefficient (Wildman–Crippen LogP) is 2.63. The van der Waals surface area contributed by atoms with Crippen molar-refractivity contribution in [3.63, 3.8) is 0 Å². The first-order chi connectivity index (χ1) is 11.3. The first-order valence-electron chi connectivity index (χ1n) is 8.71. The third kappa shape index (κ3) is 5.05. The second-order valence-electron chi connectivity index (χ2n) is 5.86. The van der Waals surface area contributed by atoms with Crippen LogP contribution in [0.15, 0.2) is 29.3 Å². The molecule has 0 amide bonds. The highest BCUT2D eigenvalue weighted by Gasteiger charge is 2.25. The molecule has 2 N–H and O–H groups in total. The molecule has 128 valence electrons. The van der Waals surface area contributed by atoms with E-state index >= 15 is 0 Å². The summed E-state index contributed by atoms with van der Waals surface area (Å²) in [5, 5.41) is 6.91. The topological polar surface area (TPSA) is 48.9 Å². The first-order valence-corrected chi connectivity index (χ1v) is 8.71. The number of ether oxygens (including phenoxy) is 1. The Hall–Kier alpha value is -1.91. The van der Waals surface area contributed by atoms with Gasteiger partial charge in [-0.3, -0.25) is 4.99 Å². The van der Waals surface area contributed by atoms with E-state index in [0.717, 1.165) is 50.7 Å². The van der Waals surface area contributed by atoms with Crippen LogP contribution in [0.1, 0.15) is 33.1 Å². The summed E-state index contributed by atoms with van der Waals surface area (Å²) in [5.41, 5.74) is 1.17. The minimum Gasteiger partial charge on any atom is -0.495 e. The van der Waals surface area contributed by atoms with Crippen LogP contribution < -0.4 is 20.3 Å². The van der Waals surface area contributed by atoms with E-state index in [1.807, 2.05) is 12.1 Å². The zero-order chi connectivity index (χ0) is 16.5. The lowest BCUT2D eigenvalue weighted by Gasteiger charge is -2.22. The Morgan fingerprint density at radius 3 is 2.91 bits per heavy atom. The number of hydrogen-bond donors (Lipinski definition) is 2. The third-order valence-electron chi connectivity index (χ3n) is 4.08. The van der Waals surface area contributed by atoms with Crippen LogP contribution in [-0.2, 0) is 0 Å². The van der Waals surface area contributed by atoms with Crippen LogP contribution in [0.3, 0.4) is 0 Å². The molecule has 0 bridgehead atoms. The normalized spacial score (nSPS) is 18.1. The Morgan fingerprint density at radius 1 is 1.35 bits per heavy atom. The average molecular weight is 318 g/mol. The largest absolute Gasteiger partial charge is 0.495 e. The third-order valence-corrected chi connectivity index (χ3v) is 4.08. The lowest BCUT2D eigenvalue weighted by molar-refractivity contribution is 0.415. The summed E-state index contributed by atoms with van der Waals surface area (Å²) in [5.74, 6) is 1.88. The Bertz CT molecular complexity index is 504. The molecular formula is C18H30N4O. The lowest BCUT2D eigenvalue weighted by Crippen LogP contribution is -2.44. The molecule has 5 nitrogen and oxygen atoms in total. The fraction of sp³-hybridized carbons (Fsp3) is 0.611. The lowest BCUT2D eigenvalue weighted by atomic mass is 10.2. The van der Waals surface area contributed by atoms with Gasteiger partial charge in [0, 0.05) is 32.2 Å². The van der Waals surface area contributed by atoms with Crippen LogP contribution in [-0.4, -0.2) is 45.3 Å². The summed E-state index contributed by atoms with van der Waals surface area (Å²) in [6.45, 7) is 8.07. The van der Waals surface area contributed by atoms with Crippen LogP contribution in [0.4, 0.5) is 5.69 Å². The number of benzene rings is 1. The van der Waals surface area contributed by atoms with Crippen LogP contribution in [0, 0.1) is 0 Å². The molecule has 1 aliphatic rings. The van der Waals surface area contributed by atoms with E-state index in [1.54, 1.807) is 7.11 Å². The minimum absolute atomic E-state index is 0.416. The predicted molar refractivity (Wildman–Crippen MR) is 97.6 cm³/mol. The van der Waals surface area contributed by atoms with Gasteiger partial charge in [-0.25, -0.2) is 0 Å². The van der Waals surface area contributed by atoms with Crippen molar-refractivity contribution >= 4 is 11.6 Å². The van der Waals surface area contributed by atoms with E-state index in [-0.39, 0.29) is 0 Å². The molecule has 1 saturated heterocycles. The van der Waals surface area contributed by atoms with Gasteiger partial charge in [0.2, 0.25) is 0 Å². The second kappa shape index (κ2) is 9.28. The SMILES string of the molecule is CCCCN=C(NCC)NC1CCN(c2ccccc2OC)C1. The number of rotatable bonds is 7. The van der Waals surface area contributed by atoms with Crippen molar-refractivity contribution in [3.8, 4) is 5.75 Å². The van der Waals surface area contributed by atoms with Crippen molar-refractivity contribution in [2.24, 2.45) is 4.99 Å². The van der Waals surface area contributed by atoms with E-state index in [9.17, 15) is 0 Å². The van der Waals surface area contributed by atoms with Gasteiger partial charge in [0.25, 0.3) is 0 Å². The van der Waals surface area contributed by atoms with Gasteiger partial charge >= 0.3 is 0 Å². The first kappa shape index (κ1) is 17.4. The van der Waals surface area contributed by atoms with Gasteiger partial charge in [-0.05, 0) is 31.9 Å². The number of para-hydroxylation sites is 2. The van der Waals surface area contributed by atoms with Crippen molar-refractivity contribution in [2.75, 3.05) is 38.2 Å². The molecule has 1 heterocycles. The molecule has 5 heteroatoms. The maximum Gasteiger partial charge on any atom is 0.191 e. The number of nitrogens with one attached hydrogen (secondary N) is 2. The highest BCUT2D eigenvalue weighted by Crippen LogP contribution is 2.30. The molecule has 1 aromatic rings. The Balaban J connectivity index is 1.94. The molecular weight excluding hydrogens is 288 g/mol. The van der Waals surface area contributed by atoms with E-state index in [0.29, 0.717) is 6.04 Å². The molecule has 23 heavy (non-hydrogen) atoms. The fourth-order valence-corrected chi connectivity index (χ4v) is 2.85. The number of aliphatic imine (C=N–C) groups is 1. The number of anilines is 1. The molecule has 1 atom stereocenters. The van der Waals surface area contributed by atoms with Gasteiger partial charge in [-0.2, -0.15) is 0 Å². The van der Waals surface area contributed by atoms with Crippen molar-refractivity contribution in [1.82, 2.24) is 10.6 Å². The van der Waals surface area contributed by atoms with Crippen molar-refractivity contribution in [2.45, 2.75) is 39.2 Å². The Morgan fingerprint density at radius 2 is 2.17 bits per heavy atom. The fourth-order valence-electron chi connectivity index (χ4n) is 2.85. The van der Waals surface area contributed by atoms with Gasteiger partial charge < -0.3 is 20.3 Å². The quantitative estimate of drug-likeness (QED) is 0.461. The van der Waals surface area contributed by atoms with Crippen LogP contribution in [0.5, 0.6) is 5.75 Å². The molecule has 2 rings (SSSR count). The average Bonchev–Trinajstić information content (AvgIpc) is 3.03. The van der Waals surface area contributed by atoms with E-state index in [4.69, 9.17) is 4.74 Å². The Labute approximate surface area is 140 Å². The van der Waals surface area contributed by atoms with Gasteiger partial charge in [0.1, 0.15) is 5.75 Å². The summed E-state index contributed by atoms with van der Waals surface area (Å²) in [6.07, 6.45) is 3.42. The van der Waals surface area contributed by atoms with Gasteiger partial charge in [0.05, 0.1) is 12.8 Å². The molecule has 0 aromatic heterocycles. The molecule has 1 aromatic carbocycles. The van der Waals surface area contributed by atoms with E-state index < -0.39 is 0 Å². The van der Waals surface area contributed by atoms with E-state index in [1.165, 1.54) is 12.1 Å². The minimum atomic E-state index is 0.416. The molecule has 0 saturated carbocycles. The highest BCUT2D eigenvalue weighted by atomic mass is 16.5. The van der Waals surface area contributed by atoms with Crippen molar-refractivity contribution < 1.29 is 4.74 Å². The summed E-state index contributed by atoms with van der Waals surface area (Å²) in [4.78, 5) is 7.03. The number of unbranched alkanes of at least 4 members (excludes halogenated alkanes) is 1. The summed E-state index contributed by atoms with van der Waals surface area (Å²) < 4.78 is 5.48. The summed E-state index contributed by atoms with van der Waals surface area (Å²) in [6, 6.07) is 8.64. The van der Waals surface area contributed by atoms with Crippen LogP contribution in [0.2, 0.25) is 0 Å². The molecule has 1 unspecified atom stereocenters. The zero-order valence-corrected chi connectivity index (χ0v) is 14.6. The highest BCUT2D eigenvalue weighted by molar-refractivity contribution is 5.80. The monoisotopic (exact) mass is 318 g/mol. The van der Waals surface area contributed by atoms with Crippen molar-refractivity contribution in [1.29, 1.82) is 0 Å². The number of methoxy groups -OCH3 is 1. The van der Waals surface area contributed by atoms with Crippen LogP contribution in [0.25, 0.3) is 0 Å². The molecule has 1 fully saturated rings. The summed E-state index contributed by atoms with van der Waals surface area (Å²) in [7, 11) is 1.73. The Kier molecular flexibility index (Phi) is 7.04. The molecule has 0 radical (unpaired) electrons. The number of nitrogens with zero attached hydrogens (tertiary/aromatic N) is 2. The standard InChI is InChI=1S/C18H30N4O/c1-4-6-12-20-18(19-5-2)21-15-11-13-22(14-15)16-9-7-8-10-17(16)23-3/h7-10,15H,4-6,11-14H2,1-3H3,(H2,19,20,21). The van der Waals surface area contributed by atoms with Gasteiger partial charge in [0.15, 0.2) is 5.96 Å².